The van der Waals surface area contributed by atoms with Gasteiger partial charge in [-0.1, -0.05) is 11.3 Å². The first-order chi connectivity index (χ1) is 5.22. The van der Waals surface area contributed by atoms with Gasteiger partial charge in [-0.15, -0.1) is 12.6 Å². The Kier molecular flexibility index (Phi) is 2.72. The van der Waals surface area contributed by atoms with Gasteiger partial charge in [-0.25, -0.2) is 9.78 Å². The summed E-state index contributed by atoms with van der Waals surface area (Å²) in [5.74, 6) is 0. The molecule has 0 fully saturated rings. The van der Waals surface area contributed by atoms with Crippen molar-refractivity contribution in [2.24, 2.45) is 0 Å². The molecule has 1 aromatic heterocycles. The molecule has 0 saturated carbocycles. The van der Waals surface area contributed by atoms with Gasteiger partial charge in [-0.2, -0.15) is 0 Å². The molecule has 0 radical (unpaired) electrons. The van der Waals surface area contributed by atoms with E-state index >= 15 is 0 Å². The van der Waals surface area contributed by atoms with Crippen molar-refractivity contribution in [3.63, 3.8) is 0 Å². The molecule has 0 saturated heterocycles. The predicted molar refractivity (Wildman–Crippen MR) is 47.4 cm³/mol. The average Bonchev–Trinajstić information content (AvgIpc) is 2.35. The number of amides is 2. The Hall–Kier alpha value is -0.750. The van der Waals surface area contributed by atoms with Gasteiger partial charge < -0.3 is 5.32 Å². The van der Waals surface area contributed by atoms with Crippen LogP contribution in [-0.4, -0.2) is 18.1 Å². The van der Waals surface area contributed by atoms with E-state index in [4.69, 9.17) is 0 Å². The highest BCUT2D eigenvalue weighted by atomic mass is 32.2. The van der Waals surface area contributed by atoms with E-state index in [-0.39, 0.29) is 6.03 Å². The molecule has 0 spiro atoms. The number of thiol groups is 1. The van der Waals surface area contributed by atoms with Gasteiger partial charge in [0.05, 0.1) is 10.4 Å². The molecular formula is C5H7N3OS2. The number of rotatable bonds is 1. The van der Waals surface area contributed by atoms with Crippen molar-refractivity contribution >= 4 is 35.1 Å². The Morgan fingerprint density at radius 2 is 2.55 bits per heavy atom. The third-order valence-electron chi connectivity index (χ3n) is 0.941. The van der Waals surface area contributed by atoms with Gasteiger partial charge in [-0.05, 0) is 0 Å². The molecule has 1 rings (SSSR count). The van der Waals surface area contributed by atoms with Gasteiger partial charge in [0.1, 0.15) is 0 Å². The SMILES string of the molecule is CNC(=O)Nc1ncc(S)s1. The second kappa shape index (κ2) is 3.59. The number of nitrogens with zero attached hydrogens (tertiary/aromatic N) is 1. The van der Waals surface area contributed by atoms with E-state index in [1.54, 1.807) is 13.2 Å². The standard InChI is InChI=1S/C5H7N3OS2/c1-6-4(9)8-5-7-2-3(10)11-5/h2,10H,1H3,(H2,6,7,8,9). The van der Waals surface area contributed by atoms with Gasteiger partial charge in [0, 0.05) is 7.05 Å². The zero-order valence-corrected chi connectivity index (χ0v) is 7.50. The molecular weight excluding hydrogens is 182 g/mol. The number of carbonyl (C=O) groups excluding carboxylic acids is 1. The van der Waals surface area contributed by atoms with E-state index in [9.17, 15) is 4.79 Å². The monoisotopic (exact) mass is 189 g/mol. The summed E-state index contributed by atoms with van der Waals surface area (Å²) < 4.78 is 0.774. The summed E-state index contributed by atoms with van der Waals surface area (Å²) >= 11 is 5.35. The summed E-state index contributed by atoms with van der Waals surface area (Å²) in [5.41, 5.74) is 0. The fourth-order valence-corrected chi connectivity index (χ4v) is 1.35. The molecule has 0 unspecified atom stereocenters. The van der Waals surface area contributed by atoms with Crippen molar-refractivity contribution in [2.75, 3.05) is 12.4 Å². The highest BCUT2D eigenvalue weighted by Crippen LogP contribution is 2.20. The molecule has 60 valence electrons. The molecule has 0 aromatic carbocycles. The van der Waals surface area contributed by atoms with E-state index < -0.39 is 0 Å². The minimum Gasteiger partial charge on any atom is -0.341 e. The Labute approximate surface area is 73.4 Å². The third-order valence-corrected chi connectivity index (χ3v) is 2.05. The lowest BCUT2D eigenvalue weighted by molar-refractivity contribution is 0.254. The number of nitrogens with one attached hydrogen (secondary N) is 2. The fraction of sp³-hybridized carbons (Fsp3) is 0.200. The van der Waals surface area contributed by atoms with E-state index in [0.29, 0.717) is 5.13 Å². The van der Waals surface area contributed by atoms with Crippen LogP contribution in [0.15, 0.2) is 10.4 Å². The summed E-state index contributed by atoms with van der Waals surface area (Å²) in [7, 11) is 1.55. The second-order valence-corrected chi connectivity index (χ2v) is 3.52. The maximum atomic E-state index is 10.7. The molecule has 2 amide bonds. The zero-order chi connectivity index (χ0) is 8.27. The van der Waals surface area contributed by atoms with Crippen LogP contribution in [0.25, 0.3) is 0 Å². The van der Waals surface area contributed by atoms with Crippen LogP contribution in [0, 0.1) is 0 Å². The van der Waals surface area contributed by atoms with Crippen LogP contribution in [0.2, 0.25) is 0 Å². The molecule has 4 nitrogen and oxygen atoms in total. The van der Waals surface area contributed by atoms with Gasteiger partial charge in [0.15, 0.2) is 5.13 Å². The fourth-order valence-electron chi connectivity index (χ4n) is 0.483. The number of thiazole rings is 1. The first-order valence-corrected chi connectivity index (χ1v) is 4.12. The van der Waals surface area contributed by atoms with Crippen molar-refractivity contribution in [3.05, 3.63) is 6.20 Å². The number of hydrogen-bond donors (Lipinski definition) is 3. The number of hydrogen-bond acceptors (Lipinski definition) is 4. The van der Waals surface area contributed by atoms with Crippen molar-refractivity contribution in [1.82, 2.24) is 10.3 Å². The molecule has 2 N–H and O–H groups in total. The van der Waals surface area contributed by atoms with Crippen molar-refractivity contribution < 1.29 is 4.79 Å². The molecule has 1 aromatic rings. The van der Waals surface area contributed by atoms with Gasteiger partial charge in [0.2, 0.25) is 0 Å². The first kappa shape index (κ1) is 8.35. The van der Waals surface area contributed by atoms with Crippen LogP contribution in [0.1, 0.15) is 0 Å². The lowest BCUT2D eigenvalue weighted by Crippen LogP contribution is -2.24. The number of urea groups is 1. The third kappa shape index (κ3) is 2.39. The Balaban J connectivity index is 2.57. The van der Waals surface area contributed by atoms with Crippen molar-refractivity contribution in [2.45, 2.75) is 4.21 Å². The van der Waals surface area contributed by atoms with Gasteiger partial charge >= 0.3 is 6.03 Å². The van der Waals surface area contributed by atoms with Crippen LogP contribution < -0.4 is 10.6 Å². The van der Waals surface area contributed by atoms with E-state index in [0.717, 1.165) is 4.21 Å². The Bertz CT molecular complexity index is 260. The Morgan fingerprint density at radius 1 is 1.82 bits per heavy atom. The maximum Gasteiger partial charge on any atom is 0.320 e. The van der Waals surface area contributed by atoms with Crippen LogP contribution >= 0.6 is 24.0 Å². The van der Waals surface area contributed by atoms with E-state index in [1.165, 1.54) is 11.3 Å². The first-order valence-electron chi connectivity index (χ1n) is 2.86. The molecule has 0 bridgehead atoms. The van der Waals surface area contributed by atoms with E-state index in [1.807, 2.05) is 0 Å². The summed E-state index contributed by atoms with van der Waals surface area (Å²) in [6, 6.07) is -0.271. The summed E-state index contributed by atoms with van der Waals surface area (Å²) in [6.07, 6.45) is 1.58. The lowest BCUT2D eigenvalue weighted by atomic mass is 10.9. The highest BCUT2D eigenvalue weighted by molar-refractivity contribution is 7.83. The maximum absolute atomic E-state index is 10.7. The van der Waals surface area contributed by atoms with Crippen LogP contribution in [0.3, 0.4) is 0 Å². The minimum absolute atomic E-state index is 0.271. The zero-order valence-electron chi connectivity index (χ0n) is 5.79. The molecule has 1 heterocycles. The molecule has 0 aliphatic rings. The Morgan fingerprint density at radius 3 is 3.00 bits per heavy atom. The highest BCUT2D eigenvalue weighted by Gasteiger charge is 2.01. The normalized spacial score (nSPS) is 9.27. The topological polar surface area (TPSA) is 54.0 Å². The molecule has 0 aliphatic heterocycles. The smallest absolute Gasteiger partial charge is 0.320 e. The largest absolute Gasteiger partial charge is 0.341 e. The minimum atomic E-state index is -0.271. The van der Waals surface area contributed by atoms with Crippen molar-refractivity contribution in [1.29, 1.82) is 0 Å². The summed E-state index contributed by atoms with van der Waals surface area (Å²) in [6.45, 7) is 0. The van der Waals surface area contributed by atoms with E-state index in [2.05, 4.69) is 28.2 Å². The molecule has 6 heteroatoms. The lowest BCUT2D eigenvalue weighted by Gasteiger charge is -1.96. The number of carbonyl (C=O) groups is 1. The second-order valence-electron chi connectivity index (χ2n) is 1.71. The average molecular weight is 189 g/mol. The van der Waals surface area contributed by atoms with Crippen LogP contribution in [-0.2, 0) is 0 Å². The summed E-state index contributed by atoms with van der Waals surface area (Å²) in [5, 5.41) is 5.49. The molecule has 11 heavy (non-hydrogen) atoms. The van der Waals surface area contributed by atoms with Gasteiger partial charge in [0.25, 0.3) is 0 Å². The quantitative estimate of drug-likeness (QED) is 0.581. The van der Waals surface area contributed by atoms with Gasteiger partial charge in [-0.3, -0.25) is 5.32 Å². The predicted octanol–water partition coefficient (Wildman–Crippen LogP) is 1.18. The van der Waals surface area contributed by atoms with Crippen LogP contribution in [0.4, 0.5) is 9.93 Å². The van der Waals surface area contributed by atoms with Crippen molar-refractivity contribution in [3.8, 4) is 0 Å². The number of aromatic nitrogens is 1. The number of anilines is 1. The summed E-state index contributed by atoms with van der Waals surface area (Å²) in [4.78, 5) is 14.6. The molecule has 0 aliphatic carbocycles. The van der Waals surface area contributed by atoms with Crippen LogP contribution in [0.5, 0.6) is 0 Å². The molecule has 0 atom stereocenters.